The Bertz CT molecular complexity index is 574. The van der Waals surface area contributed by atoms with Crippen LogP contribution < -0.4 is 11.1 Å². The van der Waals surface area contributed by atoms with Crippen LogP contribution in [0.3, 0.4) is 0 Å². The van der Waals surface area contributed by atoms with Crippen LogP contribution >= 0.6 is 0 Å². The number of benzene rings is 1. The Morgan fingerprint density at radius 3 is 2.83 bits per heavy atom. The number of hydrogen-bond acceptors (Lipinski definition) is 4. The summed E-state index contributed by atoms with van der Waals surface area (Å²) in [5, 5.41) is 6.90. The third-order valence-corrected chi connectivity index (χ3v) is 3.06. The van der Waals surface area contributed by atoms with Crippen LogP contribution in [0.5, 0.6) is 0 Å². The first kappa shape index (κ1) is 10.9. The molecule has 3 N–H and O–H groups in total. The van der Waals surface area contributed by atoms with Gasteiger partial charge < -0.3 is 11.1 Å². The van der Waals surface area contributed by atoms with Crippen LogP contribution in [0, 0.1) is 0 Å². The third-order valence-electron chi connectivity index (χ3n) is 3.06. The molecule has 0 radical (unpaired) electrons. The molecule has 0 atom stereocenters. The average Bonchev–Trinajstić information content (AvgIpc) is 2.93. The number of anilines is 1. The third kappa shape index (κ3) is 1.86. The van der Waals surface area contributed by atoms with Crippen molar-refractivity contribution < 1.29 is 4.79 Å². The molecule has 1 aliphatic rings. The quantitative estimate of drug-likeness (QED) is 0.830. The number of rotatable bonds is 3. The minimum Gasteiger partial charge on any atom is -0.323 e. The Balaban J connectivity index is 1.90. The molecule has 1 saturated carbocycles. The van der Waals surface area contributed by atoms with Crippen LogP contribution in [-0.2, 0) is 4.79 Å². The number of para-hydroxylation sites is 2. The van der Waals surface area contributed by atoms with E-state index < -0.39 is 5.54 Å². The second kappa shape index (κ2) is 3.92. The first-order valence-corrected chi connectivity index (χ1v) is 5.73. The number of amides is 1. The average molecular weight is 243 g/mol. The monoisotopic (exact) mass is 243 g/mol. The van der Waals surface area contributed by atoms with Gasteiger partial charge in [-0.25, -0.2) is 9.67 Å². The maximum absolute atomic E-state index is 11.9. The van der Waals surface area contributed by atoms with Crippen molar-refractivity contribution in [1.82, 2.24) is 14.8 Å². The highest BCUT2D eigenvalue weighted by molar-refractivity contribution is 6.01. The molecule has 0 aliphatic heterocycles. The van der Waals surface area contributed by atoms with Gasteiger partial charge in [-0.3, -0.25) is 4.79 Å². The molecule has 1 amide bonds. The van der Waals surface area contributed by atoms with Crippen LogP contribution in [0.4, 0.5) is 5.69 Å². The van der Waals surface area contributed by atoms with E-state index in [1.807, 2.05) is 24.3 Å². The van der Waals surface area contributed by atoms with Crippen molar-refractivity contribution in [3.8, 4) is 5.69 Å². The molecule has 6 heteroatoms. The first-order valence-electron chi connectivity index (χ1n) is 5.73. The molecule has 6 nitrogen and oxygen atoms in total. The molecular formula is C12H13N5O. The number of nitrogens with two attached hydrogens (primary N) is 1. The normalized spacial score (nSPS) is 16.3. The van der Waals surface area contributed by atoms with Gasteiger partial charge in [0.25, 0.3) is 0 Å². The predicted molar refractivity (Wildman–Crippen MR) is 66.1 cm³/mol. The van der Waals surface area contributed by atoms with Crippen molar-refractivity contribution in [2.75, 3.05) is 5.32 Å². The molecule has 1 fully saturated rings. The molecule has 0 bridgehead atoms. The summed E-state index contributed by atoms with van der Waals surface area (Å²) in [6, 6.07) is 7.41. The molecule has 18 heavy (non-hydrogen) atoms. The highest BCUT2D eigenvalue weighted by Crippen LogP contribution is 2.33. The molecule has 1 aliphatic carbocycles. The molecule has 1 heterocycles. The van der Waals surface area contributed by atoms with Crippen molar-refractivity contribution >= 4 is 11.6 Å². The molecule has 92 valence electrons. The van der Waals surface area contributed by atoms with Crippen molar-refractivity contribution in [2.45, 2.75) is 18.4 Å². The van der Waals surface area contributed by atoms with Gasteiger partial charge in [0.2, 0.25) is 5.91 Å². The topological polar surface area (TPSA) is 85.8 Å². The lowest BCUT2D eigenvalue weighted by Gasteiger charge is -2.13. The molecule has 0 unspecified atom stereocenters. The van der Waals surface area contributed by atoms with Crippen LogP contribution in [0.1, 0.15) is 12.8 Å². The molecule has 2 aromatic rings. The van der Waals surface area contributed by atoms with Gasteiger partial charge in [0.1, 0.15) is 12.7 Å². The second-order valence-electron chi connectivity index (χ2n) is 4.47. The van der Waals surface area contributed by atoms with E-state index >= 15 is 0 Å². The van der Waals surface area contributed by atoms with Crippen molar-refractivity contribution in [3.63, 3.8) is 0 Å². The van der Waals surface area contributed by atoms with Crippen LogP contribution in [0.15, 0.2) is 36.9 Å². The van der Waals surface area contributed by atoms with E-state index in [0.717, 1.165) is 18.5 Å². The number of hydrogen-bond donors (Lipinski definition) is 2. The molecule has 3 rings (SSSR count). The fourth-order valence-corrected chi connectivity index (χ4v) is 1.72. The van der Waals surface area contributed by atoms with Gasteiger partial charge >= 0.3 is 0 Å². The highest BCUT2D eigenvalue weighted by atomic mass is 16.2. The predicted octanol–water partition coefficient (Wildman–Crippen LogP) is 0.697. The fraction of sp³-hybridized carbons (Fsp3) is 0.250. The van der Waals surface area contributed by atoms with Crippen LogP contribution in [-0.4, -0.2) is 26.2 Å². The van der Waals surface area contributed by atoms with E-state index in [1.54, 1.807) is 11.0 Å². The molecule has 1 aromatic heterocycles. The summed E-state index contributed by atoms with van der Waals surface area (Å²) in [7, 11) is 0. The molecule has 1 aromatic carbocycles. The van der Waals surface area contributed by atoms with E-state index in [0.29, 0.717) is 5.69 Å². The smallest absolute Gasteiger partial charge is 0.244 e. The summed E-state index contributed by atoms with van der Waals surface area (Å²) in [4.78, 5) is 15.8. The number of nitrogens with zero attached hydrogens (tertiary/aromatic N) is 3. The van der Waals surface area contributed by atoms with E-state index in [-0.39, 0.29) is 5.91 Å². The lowest BCUT2D eigenvalue weighted by Crippen LogP contribution is -2.38. The van der Waals surface area contributed by atoms with E-state index in [1.165, 1.54) is 6.33 Å². The van der Waals surface area contributed by atoms with Crippen molar-refractivity contribution in [1.29, 1.82) is 0 Å². The number of carbonyl (C=O) groups excluding carboxylic acids is 1. The molecular weight excluding hydrogens is 230 g/mol. The Morgan fingerprint density at radius 2 is 2.17 bits per heavy atom. The summed E-state index contributed by atoms with van der Waals surface area (Å²) >= 11 is 0. The Hall–Kier alpha value is -2.21. The molecule has 0 spiro atoms. The largest absolute Gasteiger partial charge is 0.323 e. The van der Waals surface area contributed by atoms with E-state index in [4.69, 9.17) is 5.73 Å². The van der Waals surface area contributed by atoms with Crippen molar-refractivity contribution in [3.05, 3.63) is 36.9 Å². The lowest BCUT2D eigenvalue weighted by atomic mass is 10.2. The summed E-state index contributed by atoms with van der Waals surface area (Å²) in [5.41, 5.74) is 6.63. The van der Waals surface area contributed by atoms with E-state index in [9.17, 15) is 4.79 Å². The SMILES string of the molecule is NC1(C(=O)Nc2ccccc2-n2cncn2)CC1. The summed E-state index contributed by atoms with van der Waals surface area (Å²) in [6.07, 6.45) is 4.51. The van der Waals surface area contributed by atoms with Gasteiger partial charge in [0.15, 0.2) is 0 Å². The van der Waals surface area contributed by atoms with Gasteiger partial charge in [-0.1, -0.05) is 12.1 Å². The maximum atomic E-state index is 11.9. The lowest BCUT2D eigenvalue weighted by molar-refractivity contribution is -0.118. The van der Waals surface area contributed by atoms with Gasteiger partial charge in [0.05, 0.1) is 16.9 Å². The minimum absolute atomic E-state index is 0.143. The fourth-order valence-electron chi connectivity index (χ4n) is 1.72. The Morgan fingerprint density at radius 1 is 1.39 bits per heavy atom. The zero-order chi connectivity index (χ0) is 12.6. The van der Waals surface area contributed by atoms with E-state index in [2.05, 4.69) is 15.4 Å². The van der Waals surface area contributed by atoms with Crippen LogP contribution in [0.25, 0.3) is 5.69 Å². The maximum Gasteiger partial charge on any atom is 0.244 e. The Kier molecular flexibility index (Phi) is 2.38. The zero-order valence-corrected chi connectivity index (χ0v) is 9.71. The second-order valence-corrected chi connectivity index (χ2v) is 4.47. The molecule has 0 saturated heterocycles. The van der Waals surface area contributed by atoms with Gasteiger partial charge in [-0.2, -0.15) is 5.10 Å². The number of carbonyl (C=O) groups is 1. The van der Waals surface area contributed by atoms with Gasteiger partial charge in [-0.15, -0.1) is 0 Å². The number of aromatic nitrogens is 3. The number of nitrogens with one attached hydrogen (secondary N) is 1. The zero-order valence-electron chi connectivity index (χ0n) is 9.71. The summed E-state index contributed by atoms with van der Waals surface area (Å²) in [5.74, 6) is -0.143. The minimum atomic E-state index is -0.685. The van der Waals surface area contributed by atoms with Crippen molar-refractivity contribution in [2.24, 2.45) is 5.73 Å². The standard InChI is InChI=1S/C12H13N5O/c13-12(5-6-12)11(18)16-9-3-1-2-4-10(9)17-8-14-7-15-17/h1-4,7-8H,5-6,13H2,(H,16,18). The summed E-state index contributed by atoms with van der Waals surface area (Å²) in [6.45, 7) is 0. The Labute approximate surface area is 104 Å². The highest BCUT2D eigenvalue weighted by Gasteiger charge is 2.46. The van der Waals surface area contributed by atoms with Crippen LogP contribution in [0.2, 0.25) is 0 Å². The first-order chi connectivity index (χ1) is 8.69. The van der Waals surface area contributed by atoms with Gasteiger partial charge in [0, 0.05) is 0 Å². The van der Waals surface area contributed by atoms with Gasteiger partial charge in [-0.05, 0) is 25.0 Å². The summed E-state index contributed by atoms with van der Waals surface area (Å²) < 4.78 is 1.60.